The summed E-state index contributed by atoms with van der Waals surface area (Å²) in [4.78, 5) is 22.3. The fourth-order valence-corrected chi connectivity index (χ4v) is 3.35. The minimum atomic E-state index is 0.318. The maximum absolute atomic E-state index is 5.04. The molecule has 2 aromatic rings. The number of hydrogen-bond donors (Lipinski definition) is 0. The molecule has 7 nitrogen and oxygen atoms in total. The van der Waals surface area contributed by atoms with Crippen LogP contribution in [0.1, 0.15) is 41.5 Å². The van der Waals surface area contributed by atoms with Gasteiger partial charge in [0.2, 0.25) is 0 Å². The fraction of sp³-hybridized carbons (Fsp3) is 0.556. The smallest absolute Gasteiger partial charge is 0.316 e. The molecule has 0 amide bonds. The van der Waals surface area contributed by atoms with Gasteiger partial charge in [0.15, 0.2) is 0 Å². The van der Waals surface area contributed by atoms with Crippen LogP contribution in [0.15, 0.2) is 18.6 Å². The van der Waals surface area contributed by atoms with E-state index < -0.39 is 0 Å². The van der Waals surface area contributed by atoms with Crippen molar-refractivity contribution in [3.63, 3.8) is 0 Å². The zero-order valence-corrected chi connectivity index (χ0v) is 15.4. The lowest BCUT2D eigenvalue weighted by atomic mass is 10.1. The van der Waals surface area contributed by atoms with Crippen LogP contribution >= 0.6 is 0 Å². The van der Waals surface area contributed by atoms with Crippen molar-refractivity contribution in [3.8, 4) is 6.01 Å². The topological polar surface area (TPSA) is 67.3 Å². The third-order valence-electron chi connectivity index (χ3n) is 4.43. The normalized spacial score (nSPS) is 18.0. The predicted octanol–water partition coefficient (Wildman–Crippen LogP) is 1.98. The first-order valence-corrected chi connectivity index (χ1v) is 8.63. The summed E-state index contributed by atoms with van der Waals surface area (Å²) >= 11 is 0. The van der Waals surface area contributed by atoms with Crippen LogP contribution in [0, 0.1) is 6.92 Å². The maximum Gasteiger partial charge on any atom is 0.316 e. The van der Waals surface area contributed by atoms with Crippen molar-refractivity contribution in [2.75, 3.05) is 27.7 Å². The highest BCUT2D eigenvalue weighted by Crippen LogP contribution is 2.34. The highest BCUT2D eigenvalue weighted by Gasteiger charge is 2.29. The summed E-state index contributed by atoms with van der Waals surface area (Å²) in [6, 6.07) is 0.722. The van der Waals surface area contributed by atoms with E-state index >= 15 is 0 Å². The molecule has 7 heteroatoms. The molecule has 0 bridgehead atoms. The Morgan fingerprint density at radius 2 is 1.96 bits per heavy atom. The number of rotatable bonds is 6. The van der Waals surface area contributed by atoms with Gasteiger partial charge in [-0.25, -0.2) is 19.9 Å². The third kappa shape index (κ3) is 4.29. The number of aryl methyl sites for hydroxylation is 1. The Balaban J connectivity index is 1.82. The second-order valence-electron chi connectivity index (χ2n) is 6.77. The number of aromatic nitrogens is 4. The molecule has 2 aromatic heterocycles. The van der Waals surface area contributed by atoms with Gasteiger partial charge in [-0.05, 0) is 40.4 Å². The summed E-state index contributed by atoms with van der Waals surface area (Å²) in [5.41, 5.74) is 3.46. The van der Waals surface area contributed by atoms with Gasteiger partial charge < -0.3 is 9.64 Å². The molecule has 0 aliphatic carbocycles. The van der Waals surface area contributed by atoms with Gasteiger partial charge in [0.05, 0.1) is 18.8 Å². The van der Waals surface area contributed by atoms with E-state index in [4.69, 9.17) is 9.72 Å². The second kappa shape index (κ2) is 7.84. The van der Waals surface area contributed by atoms with Crippen LogP contribution in [-0.2, 0) is 13.1 Å². The monoisotopic (exact) mass is 342 g/mol. The summed E-state index contributed by atoms with van der Waals surface area (Å²) in [7, 11) is 5.73. The van der Waals surface area contributed by atoms with E-state index in [9.17, 15) is 0 Å². The molecule has 1 aliphatic heterocycles. The van der Waals surface area contributed by atoms with E-state index in [0.717, 1.165) is 43.1 Å². The quantitative estimate of drug-likeness (QED) is 0.795. The van der Waals surface area contributed by atoms with Crippen molar-refractivity contribution >= 4 is 0 Å². The van der Waals surface area contributed by atoms with Crippen LogP contribution in [0.25, 0.3) is 0 Å². The molecular weight excluding hydrogens is 316 g/mol. The molecule has 1 fully saturated rings. The molecule has 0 radical (unpaired) electrons. The molecule has 25 heavy (non-hydrogen) atoms. The van der Waals surface area contributed by atoms with Gasteiger partial charge in [0.25, 0.3) is 0 Å². The van der Waals surface area contributed by atoms with Gasteiger partial charge in [0, 0.05) is 42.8 Å². The first kappa shape index (κ1) is 17.7. The van der Waals surface area contributed by atoms with Crippen molar-refractivity contribution in [3.05, 3.63) is 41.2 Å². The average Bonchev–Trinajstić information content (AvgIpc) is 3.05. The van der Waals surface area contributed by atoms with Crippen LogP contribution < -0.4 is 4.74 Å². The van der Waals surface area contributed by atoms with Crippen LogP contribution in [-0.4, -0.2) is 57.5 Å². The van der Waals surface area contributed by atoms with Gasteiger partial charge in [-0.15, -0.1) is 0 Å². The Morgan fingerprint density at radius 3 is 2.64 bits per heavy atom. The van der Waals surface area contributed by atoms with Crippen molar-refractivity contribution in [1.82, 2.24) is 29.7 Å². The van der Waals surface area contributed by atoms with E-state index in [1.54, 1.807) is 7.11 Å². The Labute approximate surface area is 149 Å². The Kier molecular flexibility index (Phi) is 5.55. The minimum absolute atomic E-state index is 0.318. The Hall–Kier alpha value is -2.12. The zero-order valence-electron chi connectivity index (χ0n) is 15.4. The Bertz CT molecular complexity index is 703. The lowest BCUT2D eigenvalue weighted by Gasteiger charge is -2.26. The minimum Gasteiger partial charge on any atom is -0.467 e. The maximum atomic E-state index is 5.04. The van der Waals surface area contributed by atoms with Gasteiger partial charge >= 0.3 is 6.01 Å². The first-order valence-electron chi connectivity index (χ1n) is 8.63. The zero-order chi connectivity index (χ0) is 17.8. The summed E-state index contributed by atoms with van der Waals surface area (Å²) in [6.07, 6.45) is 7.95. The summed E-state index contributed by atoms with van der Waals surface area (Å²) in [5.74, 6) is 0.831. The molecule has 1 atom stereocenters. The van der Waals surface area contributed by atoms with E-state index in [-0.39, 0.29) is 0 Å². The first-order chi connectivity index (χ1) is 12.1. The molecule has 3 rings (SSSR count). The molecule has 134 valence electrons. The van der Waals surface area contributed by atoms with E-state index in [0.29, 0.717) is 12.1 Å². The summed E-state index contributed by atoms with van der Waals surface area (Å²) in [6.45, 7) is 4.69. The SMILES string of the molecule is COc1ncc(CN2CCCC2c2nc(C)ncc2CN(C)C)cn1. The molecule has 0 aromatic carbocycles. The van der Waals surface area contributed by atoms with E-state index in [1.807, 2.05) is 25.5 Å². The van der Waals surface area contributed by atoms with E-state index in [1.165, 1.54) is 12.0 Å². The van der Waals surface area contributed by atoms with Crippen molar-refractivity contribution in [1.29, 1.82) is 0 Å². The van der Waals surface area contributed by atoms with Crippen molar-refractivity contribution in [2.24, 2.45) is 0 Å². The molecule has 3 heterocycles. The highest BCUT2D eigenvalue weighted by molar-refractivity contribution is 5.23. The lowest BCUT2D eigenvalue weighted by molar-refractivity contribution is 0.240. The summed E-state index contributed by atoms with van der Waals surface area (Å²) < 4.78 is 5.04. The molecule has 0 N–H and O–H groups in total. The highest BCUT2D eigenvalue weighted by atomic mass is 16.5. The average molecular weight is 342 g/mol. The number of nitrogens with zero attached hydrogens (tertiary/aromatic N) is 6. The molecule has 0 saturated carbocycles. The van der Waals surface area contributed by atoms with Crippen LogP contribution in [0.2, 0.25) is 0 Å². The third-order valence-corrected chi connectivity index (χ3v) is 4.43. The lowest BCUT2D eigenvalue weighted by Crippen LogP contribution is -2.26. The van der Waals surface area contributed by atoms with E-state index in [2.05, 4.69) is 38.8 Å². The molecule has 1 aliphatic rings. The molecule has 1 saturated heterocycles. The largest absolute Gasteiger partial charge is 0.467 e. The molecule has 1 unspecified atom stereocenters. The van der Waals surface area contributed by atoms with Gasteiger partial charge in [-0.1, -0.05) is 0 Å². The number of ether oxygens (including phenoxy) is 1. The number of hydrogen-bond acceptors (Lipinski definition) is 7. The number of likely N-dealkylation sites (tertiary alicyclic amines) is 1. The van der Waals surface area contributed by atoms with Crippen molar-refractivity contribution in [2.45, 2.75) is 38.9 Å². The second-order valence-corrected chi connectivity index (χ2v) is 6.77. The van der Waals surface area contributed by atoms with Crippen LogP contribution in [0.4, 0.5) is 0 Å². The standard InChI is InChI=1S/C18H26N6O/c1-13-19-10-15(12-23(2)3)17(22-13)16-6-5-7-24(16)11-14-8-20-18(25-4)21-9-14/h8-10,16H,5-7,11-12H2,1-4H3. The van der Waals surface area contributed by atoms with Crippen LogP contribution in [0.3, 0.4) is 0 Å². The van der Waals surface area contributed by atoms with Gasteiger partial charge in [0.1, 0.15) is 5.82 Å². The molecule has 0 spiro atoms. The molecular formula is C18H26N6O. The predicted molar refractivity (Wildman–Crippen MR) is 95.1 cm³/mol. The van der Waals surface area contributed by atoms with Gasteiger partial charge in [-0.2, -0.15) is 0 Å². The fourth-order valence-electron chi connectivity index (χ4n) is 3.35. The number of methoxy groups -OCH3 is 1. The van der Waals surface area contributed by atoms with Crippen LogP contribution in [0.5, 0.6) is 6.01 Å². The van der Waals surface area contributed by atoms with Gasteiger partial charge in [-0.3, -0.25) is 4.90 Å². The Morgan fingerprint density at radius 1 is 1.20 bits per heavy atom. The summed E-state index contributed by atoms with van der Waals surface area (Å²) in [5, 5.41) is 0. The van der Waals surface area contributed by atoms with Crippen molar-refractivity contribution < 1.29 is 4.74 Å².